The van der Waals surface area contributed by atoms with Gasteiger partial charge in [0.15, 0.2) is 0 Å². The predicted octanol–water partition coefficient (Wildman–Crippen LogP) is 15.3. The Hall–Kier alpha value is -2.70. The van der Waals surface area contributed by atoms with Gasteiger partial charge < -0.3 is 30.2 Å². The Labute approximate surface area is 349 Å². The first-order valence-electron chi connectivity index (χ1n) is 21.8. The van der Waals surface area contributed by atoms with Crippen molar-refractivity contribution in [2.45, 2.75) is 204 Å². The SMILES string of the molecule is CCCCCCC1=C(c2cc(CCC)c(CCC)c(CCC)c2)[N+](=[N-])C(c2cc(CCC)c(CCC)c(CCC)c2)=C1C.[C-]#CCCC.[C-]#CCCC.[Pd+2]. The van der Waals surface area contributed by atoms with Crippen LogP contribution in [0.4, 0.5) is 0 Å². The van der Waals surface area contributed by atoms with Crippen molar-refractivity contribution in [3.63, 3.8) is 0 Å². The van der Waals surface area contributed by atoms with Crippen molar-refractivity contribution in [2.24, 2.45) is 0 Å². The Morgan fingerprint density at radius 2 is 0.852 bits per heavy atom. The number of rotatable bonds is 21. The molecule has 0 spiro atoms. The number of unbranched alkanes of at least 4 members (excludes halogenated alkanes) is 5. The molecule has 0 aliphatic carbocycles. The summed E-state index contributed by atoms with van der Waals surface area (Å²) in [5.74, 6) is 4.53. The minimum absolute atomic E-state index is 0. The van der Waals surface area contributed by atoms with Crippen molar-refractivity contribution in [1.29, 1.82) is 0 Å². The molecule has 1 heterocycles. The van der Waals surface area contributed by atoms with Gasteiger partial charge in [-0.15, -0.1) is 0 Å². The third-order valence-corrected chi connectivity index (χ3v) is 10.0. The second-order valence-electron chi connectivity index (χ2n) is 14.8. The number of allylic oxidation sites excluding steroid dienone is 2. The topological polar surface area (TPSA) is 25.3 Å². The largest absolute Gasteiger partial charge is 2.00 e. The van der Waals surface area contributed by atoms with Gasteiger partial charge in [-0.2, -0.15) is 0 Å². The molecular weight excluding hydrogens is 747 g/mol. The molecule has 1 aliphatic heterocycles. The summed E-state index contributed by atoms with van der Waals surface area (Å²) in [6, 6.07) is 9.71. The van der Waals surface area contributed by atoms with Gasteiger partial charge in [0, 0.05) is 22.3 Å². The third-order valence-electron chi connectivity index (χ3n) is 10.0. The molecule has 1 aliphatic rings. The van der Waals surface area contributed by atoms with E-state index in [2.05, 4.69) is 91.5 Å². The van der Waals surface area contributed by atoms with E-state index in [0.29, 0.717) is 0 Å². The normalized spacial score (nSPS) is 12.0. The van der Waals surface area contributed by atoms with Crippen LogP contribution >= 0.6 is 0 Å². The first-order chi connectivity index (χ1) is 25.7. The van der Waals surface area contributed by atoms with E-state index in [1.165, 1.54) is 83.1 Å². The van der Waals surface area contributed by atoms with Gasteiger partial charge in [-0.25, -0.2) is 4.70 Å². The standard InChI is InChI=1S/C41H62N2.2C5H7.Pd/c1-9-16-17-18-25-37-30(8)40(35-26-31(19-10-2)38(23-14-6)32(27-35)20-11-3)43(42)41(37)36-28-33(21-12-4)39(24-15-7)34(29-36)22-13-5;2*1-3-5-4-2;/h26-29H,9-25H2,1-8H3;2*3,5H2,1H3;/q;2*-1;+2. The van der Waals surface area contributed by atoms with E-state index in [-0.39, 0.29) is 20.4 Å². The Balaban J connectivity index is 0.00000225. The summed E-state index contributed by atoms with van der Waals surface area (Å²) in [6.45, 7) is 22.4. The molecule has 0 saturated heterocycles. The molecule has 0 aromatic heterocycles. The van der Waals surface area contributed by atoms with Gasteiger partial charge >= 0.3 is 20.4 Å². The molecule has 0 unspecified atom stereocenters. The van der Waals surface area contributed by atoms with Crippen molar-refractivity contribution >= 4 is 11.4 Å². The maximum atomic E-state index is 12.2. The van der Waals surface area contributed by atoms with E-state index in [1.54, 1.807) is 15.8 Å². The van der Waals surface area contributed by atoms with E-state index in [0.717, 1.165) is 108 Å². The summed E-state index contributed by atoms with van der Waals surface area (Å²) in [5.41, 5.74) is 28.3. The summed E-state index contributed by atoms with van der Waals surface area (Å²) < 4.78 is 1.60. The van der Waals surface area contributed by atoms with Gasteiger partial charge in [0.25, 0.3) is 0 Å². The first kappa shape index (κ1) is 51.3. The molecule has 0 fully saturated rings. The zero-order valence-corrected chi connectivity index (χ0v) is 37.9. The second kappa shape index (κ2) is 30.5. The molecule has 2 aromatic rings. The van der Waals surface area contributed by atoms with Gasteiger partial charge in [-0.3, -0.25) is 0 Å². The molecule has 0 bridgehead atoms. The van der Waals surface area contributed by atoms with Crippen LogP contribution in [0.5, 0.6) is 0 Å². The summed E-state index contributed by atoms with van der Waals surface area (Å²) in [6.07, 6.45) is 35.9. The summed E-state index contributed by atoms with van der Waals surface area (Å²) in [4.78, 5) is 0. The smallest absolute Gasteiger partial charge is 0.694 e. The molecule has 2 nitrogen and oxygen atoms in total. The van der Waals surface area contributed by atoms with Crippen LogP contribution in [-0.2, 0) is 58.9 Å². The monoisotopic (exact) mass is 823 g/mol. The van der Waals surface area contributed by atoms with Gasteiger partial charge in [-0.05, 0) is 142 Å². The number of hydrogen-bond acceptors (Lipinski definition) is 0. The molecule has 0 radical (unpaired) electrons. The first-order valence-corrected chi connectivity index (χ1v) is 21.8. The van der Waals surface area contributed by atoms with Crippen LogP contribution in [0.2, 0.25) is 0 Å². The Morgan fingerprint density at radius 1 is 0.481 bits per heavy atom. The fraction of sp³-hybridized carbons (Fsp3) is 0.608. The minimum atomic E-state index is 0. The minimum Gasteiger partial charge on any atom is -0.694 e. The number of aryl methyl sites for hydroxylation is 4. The second-order valence-corrected chi connectivity index (χ2v) is 14.8. The average molecular weight is 824 g/mol. The molecule has 0 atom stereocenters. The zero-order valence-electron chi connectivity index (χ0n) is 36.4. The average Bonchev–Trinajstić information content (AvgIpc) is 3.39. The number of hydrogen-bond donors (Lipinski definition) is 0. The van der Waals surface area contributed by atoms with E-state index >= 15 is 0 Å². The van der Waals surface area contributed by atoms with Crippen molar-refractivity contribution in [2.75, 3.05) is 0 Å². The van der Waals surface area contributed by atoms with Crippen LogP contribution in [0, 0.1) is 24.7 Å². The maximum Gasteiger partial charge on any atom is 2.00 e. The van der Waals surface area contributed by atoms with Crippen LogP contribution in [0.3, 0.4) is 0 Å². The van der Waals surface area contributed by atoms with Gasteiger partial charge in [0.2, 0.25) is 11.4 Å². The summed E-state index contributed by atoms with van der Waals surface area (Å²) in [7, 11) is 0. The van der Waals surface area contributed by atoms with E-state index in [9.17, 15) is 5.53 Å². The third kappa shape index (κ3) is 15.8. The van der Waals surface area contributed by atoms with Crippen molar-refractivity contribution in [3.8, 4) is 11.8 Å². The predicted molar refractivity (Wildman–Crippen MR) is 233 cm³/mol. The van der Waals surface area contributed by atoms with Gasteiger partial charge in [0.05, 0.1) is 0 Å². The fourth-order valence-electron chi connectivity index (χ4n) is 7.62. The Kier molecular flexibility index (Phi) is 29.0. The van der Waals surface area contributed by atoms with Crippen LogP contribution in [-0.4, -0.2) is 4.70 Å². The fourth-order valence-corrected chi connectivity index (χ4v) is 7.62. The molecule has 300 valence electrons. The quantitative estimate of drug-likeness (QED) is 0.0394. The Morgan fingerprint density at radius 3 is 1.15 bits per heavy atom. The van der Waals surface area contributed by atoms with Crippen LogP contribution < -0.4 is 0 Å². The van der Waals surface area contributed by atoms with Gasteiger partial charge in [-0.1, -0.05) is 120 Å². The Bertz CT molecular complexity index is 1470. The van der Waals surface area contributed by atoms with E-state index < -0.39 is 0 Å². The molecule has 2 aromatic carbocycles. The molecule has 3 heteroatoms. The van der Waals surface area contributed by atoms with Crippen molar-refractivity contribution in [3.05, 3.63) is 98.3 Å². The molecule has 0 saturated carbocycles. The number of nitrogens with zero attached hydrogens (tertiary/aromatic N) is 2. The molecule has 54 heavy (non-hydrogen) atoms. The zero-order chi connectivity index (χ0) is 39.6. The molecule has 0 amide bonds. The van der Waals surface area contributed by atoms with Crippen LogP contribution in [0.15, 0.2) is 35.4 Å². The van der Waals surface area contributed by atoms with Gasteiger partial charge in [0.1, 0.15) is 0 Å². The molecule has 3 rings (SSSR count). The van der Waals surface area contributed by atoms with Crippen LogP contribution in [0.1, 0.15) is 210 Å². The molecular formula is C51H76N2Pd. The van der Waals surface area contributed by atoms with Crippen molar-refractivity contribution in [1.82, 2.24) is 0 Å². The van der Waals surface area contributed by atoms with Crippen molar-refractivity contribution < 1.29 is 25.1 Å². The van der Waals surface area contributed by atoms with E-state index in [1.807, 2.05) is 13.8 Å². The summed E-state index contributed by atoms with van der Waals surface area (Å²) >= 11 is 0. The van der Waals surface area contributed by atoms with Crippen LogP contribution in [0.25, 0.3) is 16.9 Å². The number of benzene rings is 2. The summed E-state index contributed by atoms with van der Waals surface area (Å²) in [5, 5.41) is 0. The molecule has 0 N–H and O–H groups in total. The maximum absolute atomic E-state index is 12.2. The van der Waals surface area contributed by atoms with E-state index in [4.69, 9.17) is 12.8 Å².